The quantitative estimate of drug-likeness (QED) is 0.628. The van der Waals surface area contributed by atoms with Crippen LogP contribution >= 0.6 is 0 Å². The minimum absolute atomic E-state index is 0.00102. The van der Waals surface area contributed by atoms with Gasteiger partial charge in [-0.3, -0.25) is 19.0 Å². The second kappa shape index (κ2) is 4.80. The first-order valence-corrected chi connectivity index (χ1v) is 6.18. The van der Waals surface area contributed by atoms with Crippen LogP contribution in [0, 0.1) is 6.90 Å². The number of nitrogen functional groups attached to an aromatic ring is 1. The topological polar surface area (TPSA) is 95.0 Å². The molecule has 0 bridgehead atoms. The largest absolute Gasteiger partial charge is 0.398 e. The standard InChI is InChI=1S/C15H15N3O3/c1-8-17-11-4-2-3-10(16)14(11)15(21)18(8)12-6-5-9(19)7-13(12)20/h2-4,12H,5-7,16H2,1H3/i1D,4D,5D,6D2. The van der Waals surface area contributed by atoms with Crippen molar-refractivity contribution in [2.45, 2.75) is 32.1 Å². The monoisotopic (exact) mass is 290 g/mol. The molecule has 1 aliphatic carbocycles. The summed E-state index contributed by atoms with van der Waals surface area (Å²) < 4.78 is 40.2. The van der Waals surface area contributed by atoms with Gasteiger partial charge in [0.1, 0.15) is 11.6 Å². The first-order chi connectivity index (χ1) is 12.1. The molecule has 2 aromatic rings. The molecule has 1 heterocycles. The van der Waals surface area contributed by atoms with Crippen LogP contribution in [0.15, 0.2) is 23.0 Å². The Bertz CT molecular complexity index is 1000. The molecule has 2 unspecified atom stereocenters. The van der Waals surface area contributed by atoms with Crippen LogP contribution in [0.25, 0.3) is 10.9 Å². The number of benzene rings is 1. The van der Waals surface area contributed by atoms with Crippen LogP contribution in [-0.2, 0) is 9.59 Å². The smallest absolute Gasteiger partial charge is 0.264 e. The maximum atomic E-state index is 13.0. The highest BCUT2D eigenvalue weighted by atomic mass is 16.2. The zero-order chi connectivity index (χ0) is 19.4. The number of aryl methyl sites for hydroxylation is 1. The van der Waals surface area contributed by atoms with Gasteiger partial charge in [0.2, 0.25) is 0 Å². The van der Waals surface area contributed by atoms with Gasteiger partial charge in [0.05, 0.1) is 24.7 Å². The molecule has 0 amide bonds. The first-order valence-electron chi connectivity index (χ1n) is 8.96. The molecule has 108 valence electrons. The van der Waals surface area contributed by atoms with Crippen molar-refractivity contribution in [1.29, 1.82) is 0 Å². The van der Waals surface area contributed by atoms with Gasteiger partial charge in [-0.25, -0.2) is 4.98 Å². The number of hydrogen-bond donors (Lipinski definition) is 1. The van der Waals surface area contributed by atoms with Gasteiger partial charge >= 0.3 is 0 Å². The molecular weight excluding hydrogens is 270 g/mol. The maximum absolute atomic E-state index is 13.0. The van der Waals surface area contributed by atoms with Crippen LogP contribution in [0.2, 0.25) is 0 Å². The normalized spacial score (nSPS) is 28.5. The van der Waals surface area contributed by atoms with E-state index in [1.807, 2.05) is 0 Å². The Labute approximate surface area is 127 Å². The van der Waals surface area contributed by atoms with E-state index >= 15 is 0 Å². The number of carbonyl (C=O) groups excluding carboxylic acids is 2. The van der Waals surface area contributed by atoms with Gasteiger partial charge in [0, 0.05) is 17.6 Å². The van der Waals surface area contributed by atoms with Gasteiger partial charge in [0.25, 0.3) is 5.56 Å². The van der Waals surface area contributed by atoms with Crippen molar-refractivity contribution in [2.24, 2.45) is 0 Å². The highest BCUT2D eigenvalue weighted by molar-refractivity contribution is 6.03. The van der Waals surface area contributed by atoms with E-state index in [0.717, 1.165) is 4.57 Å². The number of hydrogen-bond acceptors (Lipinski definition) is 5. The molecule has 0 radical (unpaired) electrons. The van der Waals surface area contributed by atoms with Crippen LogP contribution in [0.3, 0.4) is 0 Å². The molecule has 1 aromatic carbocycles. The van der Waals surface area contributed by atoms with E-state index in [9.17, 15) is 14.4 Å². The lowest BCUT2D eigenvalue weighted by Gasteiger charge is -2.24. The average Bonchev–Trinajstić information content (AvgIpc) is 2.57. The fraction of sp³-hybridized carbons (Fsp3) is 0.333. The van der Waals surface area contributed by atoms with E-state index in [0.29, 0.717) is 0 Å². The van der Waals surface area contributed by atoms with E-state index in [4.69, 9.17) is 12.6 Å². The van der Waals surface area contributed by atoms with Crippen LogP contribution < -0.4 is 11.3 Å². The van der Waals surface area contributed by atoms with Crippen LogP contribution in [-0.4, -0.2) is 21.1 Å². The van der Waals surface area contributed by atoms with Crippen molar-refractivity contribution in [3.8, 4) is 0 Å². The lowest BCUT2D eigenvalue weighted by Crippen LogP contribution is -2.36. The van der Waals surface area contributed by atoms with Crippen LogP contribution in [0.5, 0.6) is 0 Å². The molecule has 1 aliphatic rings. The van der Waals surface area contributed by atoms with E-state index in [1.54, 1.807) is 0 Å². The summed E-state index contributed by atoms with van der Waals surface area (Å²) in [7, 11) is 0. The van der Waals surface area contributed by atoms with Gasteiger partial charge in [-0.05, 0) is 25.4 Å². The molecule has 1 aromatic heterocycles. The van der Waals surface area contributed by atoms with Crippen molar-refractivity contribution in [1.82, 2.24) is 9.55 Å². The first kappa shape index (κ1) is 8.71. The second-order valence-corrected chi connectivity index (χ2v) is 4.68. The van der Waals surface area contributed by atoms with Gasteiger partial charge in [-0.2, -0.15) is 0 Å². The Morgan fingerprint density at radius 3 is 3.10 bits per heavy atom. The second-order valence-electron chi connectivity index (χ2n) is 4.68. The molecular formula is C15H15N3O3. The number of nitrogens with zero attached hydrogens (tertiary/aromatic N) is 2. The van der Waals surface area contributed by atoms with E-state index < -0.39 is 49.3 Å². The fourth-order valence-electron chi connectivity index (χ4n) is 2.31. The molecule has 0 saturated heterocycles. The summed E-state index contributed by atoms with van der Waals surface area (Å²) in [5, 5.41) is -0.156. The number of aromatic nitrogens is 2. The van der Waals surface area contributed by atoms with Crippen molar-refractivity contribution in [2.75, 3.05) is 5.73 Å². The average molecular weight is 290 g/mol. The summed E-state index contributed by atoms with van der Waals surface area (Å²) in [5.74, 6) is -1.95. The Morgan fingerprint density at radius 2 is 2.33 bits per heavy atom. The predicted octanol–water partition coefficient (Wildman–Crippen LogP) is 1.15. The number of Topliss-reactive ketones (excluding diaryl/α,β-unsaturated/α-hetero) is 2. The minimum atomic E-state index is -2.65. The summed E-state index contributed by atoms with van der Waals surface area (Å²) in [6.07, 6.45) is -5.16. The van der Waals surface area contributed by atoms with Gasteiger partial charge < -0.3 is 5.73 Å². The minimum Gasteiger partial charge on any atom is -0.398 e. The Kier molecular flexibility index (Phi) is 1.99. The van der Waals surface area contributed by atoms with Gasteiger partial charge in [-0.15, -0.1) is 0 Å². The SMILES string of the molecule is [2H]Cc1nc2c([2H])ccc(N)c2c(=O)n1C1C(=O)CC(=O)C([2H])C1([2H])[2H]. The molecule has 0 aliphatic heterocycles. The molecule has 0 spiro atoms. The van der Waals surface area contributed by atoms with Crippen molar-refractivity contribution in [3.63, 3.8) is 0 Å². The highest BCUT2D eigenvalue weighted by Crippen LogP contribution is 2.24. The van der Waals surface area contributed by atoms with E-state index in [2.05, 4.69) is 4.98 Å². The molecule has 6 heteroatoms. The zero-order valence-electron chi connectivity index (χ0n) is 15.9. The van der Waals surface area contributed by atoms with Crippen LogP contribution in [0.4, 0.5) is 5.69 Å². The molecule has 1 fully saturated rings. The van der Waals surface area contributed by atoms with E-state index in [1.165, 1.54) is 12.1 Å². The number of nitrogens with two attached hydrogens (primary N) is 1. The van der Waals surface area contributed by atoms with Crippen molar-refractivity contribution in [3.05, 3.63) is 34.4 Å². The Balaban J connectivity index is 2.39. The fourth-order valence-corrected chi connectivity index (χ4v) is 2.31. The molecule has 2 atom stereocenters. The number of carbonyl (C=O) groups is 2. The zero-order valence-corrected chi connectivity index (χ0v) is 10.9. The molecule has 2 N–H and O–H groups in total. The van der Waals surface area contributed by atoms with Crippen molar-refractivity contribution < 1.29 is 16.4 Å². The predicted molar refractivity (Wildman–Crippen MR) is 78.1 cm³/mol. The number of rotatable bonds is 1. The lowest BCUT2D eigenvalue weighted by molar-refractivity contribution is -0.132. The summed E-state index contributed by atoms with van der Waals surface area (Å²) in [6, 6.07) is 0.805. The highest BCUT2D eigenvalue weighted by Gasteiger charge is 2.30. The number of fused-ring (bicyclic) bond motifs is 1. The molecule has 21 heavy (non-hydrogen) atoms. The van der Waals surface area contributed by atoms with Gasteiger partial charge in [0.15, 0.2) is 5.78 Å². The Morgan fingerprint density at radius 1 is 1.52 bits per heavy atom. The lowest BCUT2D eigenvalue weighted by atomic mass is 9.92. The number of ketones is 2. The molecule has 6 nitrogen and oxygen atoms in total. The third kappa shape index (κ3) is 2.12. The summed E-state index contributed by atoms with van der Waals surface area (Å²) >= 11 is 0. The summed E-state index contributed by atoms with van der Waals surface area (Å²) in [4.78, 5) is 41.2. The van der Waals surface area contributed by atoms with Gasteiger partial charge in [-0.1, -0.05) is 6.07 Å². The Hall–Kier alpha value is -2.50. The molecule has 1 saturated carbocycles. The third-order valence-electron chi connectivity index (χ3n) is 3.27. The third-order valence-corrected chi connectivity index (χ3v) is 3.27. The van der Waals surface area contributed by atoms with E-state index in [-0.39, 0.29) is 28.5 Å². The number of anilines is 1. The summed E-state index contributed by atoms with van der Waals surface area (Å²) in [6.45, 7) is -0.560. The summed E-state index contributed by atoms with van der Waals surface area (Å²) in [5.41, 5.74) is 4.90. The maximum Gasteiger partial charge on any atom is 0.264 e. The van der Waals surface area contributed by atoms with Crippen LogP contribution in [0.1, 0.15) is 37.9 Å². The van der Waals surface area contributed by atoms with Crippen molar-refractivity contribution >= 4 is 28.2 Å². The molecule has 3 rings (SSSR count).